The Labute approximate surface area is 86.5 Å². The van der Waals surface area contributed by atoms with Crippen molar-refractivity contribution in [3.63, 3.8) is 0 Å². The van der Waals surface area contributed by atoms with Crippen molar-refractivity contribution in [2.45, 2.75) is 45.2 Å². The second kappa shape index (κ2) is 5.09. The normalized spacial score (nSPS) is 29.0. The molecule has 0 amide bonds. The first-order valence-corrected chi connectivity index (χ1v) is 6.92. The molecule has 1 aliphatic rings. The van der Waals surface area contributed by atoms with Crippen LogP contribution in [0.2, 0.25) is 0 Å². The maximum Gasteiger partial charge on any atom is 0.211 e. The zero-order chi connectivity index (χ0) is 10.6. The molecule has 1 heterocycles. The Kier molecular flexibility index (Phi) is 4.34. The number of hydrogen-bond acceptors (Lipinski definition) is 3. The van der Waals surface area contributed by atoms with Crippen molar-refractivity contribution in [2.24, 2.45) is 0 Å². The number of piperidine rings is 1. The van der Waals surface area contributed by atoms with Gasteiger partial charge in [0.2, 0.25) is 10.0 Å². The van der Waals surface area contributed by atoms with Crippen LogP contribution in [-0.2, 0) is 10.0 Å². The predicted molar refractivity (Wildman–Crippen MR) is 57.7 cm³/mol. The minimum absolute atomic E-state index is 0.0859. The maximum atomic E-state index is 11.4. The van der Waals surface area contributed by atoms with E-state index in [2.05, 4.69) is 17.0 Å². The fraction of sp³-hybridized carbons (Fsp3) is 1.00. The van der Waals surface area contributed by atoms with Gasteiger partial charge < -0.3 is 5.32 Å². The molecule has 0 aromatic carbocycles. The molecule has 4 nitrogen and oxygen atoms in total. The molecule has 2 atom stereocenters. The molecule has 14 heavy (non-hydrogen) atoms. The Morgan fingerprint density at radius 2 is 2.14 bits per heavy atom. The second-order valence-corrected chi connectivity index (χ2v) is 5.89. The lowest BCUT2D eigenvalue weighted by molar-refractivity contribution is 0.366. The minimum Gasteiger partial charge on any atom is -0.313 e. The summed E-state index contributed by atoms with van der Waals surface area (Å²) in [5.41, 5.74) is 0. The standard InChI is InChI=1S/C9H20N2O2S/c1-3-6-14(12,13)11-9-5-4-8(2)10-7-9/h8-11H,3-7H2,1-2H3. The Hall–Kier alpha value is -0.130. The van der Waals surface area contributed by atoms with Crippen LogP contribution in [0, 0.1) is 0 Å². The van der Waals surface area contributed by atoms with E-state index in [0.717, 1.165) is 19.4 Å². The number of sulfonamides is 1. The lowest BCUT2D eigenvalue weighted by Gasteiger charge is -2.28. The van der Waals surface area contributed by atoms with E-state index < -0.39 is 10.0 Å². The third-order valence-electron chi connectivity index (χ3n) is 2.48. The third kappa shape index (κ3) is 3.94. The predicted octanol–water partition coefficient (Wildman–Crippen LogP) is 0.456. The van der Waals surface area contributed by atoms with Crippen LogP contribution in [0.15, 0.2) is 0 Å². The second-order valence-electron chi connectivity index (χ2n) is 4.02. The summed E-state index contributed by atoms with van der Waals surface area (Å²) in [6, 6.07) is 0.602. The number of nitrogens with one attached hydrogen (secondary N) is 2. The summed E-state index contributed by atoms with van der Waals surface area (Å²) in [5.74, 6) is 0.235. The molecule has 0 aromatic rings. The van der Waals surface area contributed by atoms with E-state index >= 15 is 0 Å². The van der Waals surface area contributed by atoms with Gasteiger partial charge in [0.25, 0.3) is 0 Å². The third-order valence-corrected chi connectivity index (χ3v) is 4.12. The highest BCUT2D eigenvalue weighted by Gasteiger charge is 2.21. The molecule has 0 spiro atoms. The fourth-order valence-electron chi connectivity index (χ4n) is 1.68. The highest BCUT2D eigenvalue weighted by Crippen LogP contribution is 2.08. The van der Waals surface area contributed by atoms with E-state index in [1.54, 1.807) is 0 Å². The number of hydrogen-bond donors (Lipinski definition) is 2. The van der Waals surface area contributed by atoms with Crippen molar-refractivity contribution >= 4 is 10.0 Å². The monoisotopic (exact) mass is 220 g/mol. The van der Waals surface area contributed by atoms with Gasteiger partial charge >= 0.3 is 0 Å². The Morgan fingerprint density at radius 3 is 2.64 bits per heavy atom. The van der Waals surface area contributed by atoms with Gasteiger partial charge in [-0.25, -0.2) is 13.1 Å². The Balaban J connectivity index is 2.37. The van der Waals surface area contributed by atoms with Gasteiger partial charge in [-0.3, -0.25) is 0 Å². The lowest BCUT2D eigenvalue weighted by atomic mass is 10.0. The fourth-order valence-corrected chi connectivity index (χ4v) is 3.05. The molecule has 2 unspecified atom stereocenters. The molecule has 0 saturated carbocycles. The van der Waals surface area contributed by atoms with Gasteiger partial charge in [-0.2, -0.15) is 0 Å². The molecule has 0 radical (unpaired) electrons. The molecular weight excluding hydrogens is 200 g/mol. The van der Waals surface area contributed by atoms with Gasteiger partial charge in [0, 0.05) is 18.6 Å². The van der Waals surface area contributed by atoms with Crippen molar-refractivity contribution in [3.05, 3.63) is 0 Å². The molecule has 5 heteroatoms. The van der Waals surface area contributed by atoms with Crippen LogP contribution in [0.4, 0.5) is 0 Å². The van der Waals surface area contributed by atoms with E-state index in [1.807, 2.05) is 6.92 Å². The summed E-state index contributed by atoms with van der Waals surface area (Å²) in [6.07, 6.45) is 2.66. The van der Waals surface area contributed by atoms with Crippen molar-refractivity contribution in [3.8, 4) is 0 Å². The van der Waals surface area contributed by atoms with Crippen molar-refractivity contribution in [1.82, 2.24) is 10.0 Å². The molecule has 0 bridgehead atoms. The van der Waals surface area contributed by atoms with Crippen LogP contribution in [0.5, 0.6) is 0 Å². The van der Waals surface area contributed by atoms with Crippen LogP contribution in [0.25, 0.3) is 0 Å². The minimum atomic E-state index is -3.04. The molecular formula is C9H20N2O2S. The van der Waals surface area contributed by atoms with Crippen LogP contribution < -0.4 is 10.0 Å². The Morgan fingerprint density at radius 1 is 1.43 bits per heavy atom. The van der Waals surface area contributed by atoms with E-state index in [1.165, 1.54) is 0 Å². The Bertz CT molecular complexity index is 256. The van der Waals surface area contributed by atoms with E-state index in [9.17, 15) is 8.42 Å². The zero-order valence-corrected chi connectivity index (χ0v) is 9.73. The zero-order valence-electron chi connectivity index (χ0n) is 8.91. The topological polar surface area (TPSA) is 58.2 Å². The molecule has 2 N–H and O–H groups in total. The van der Waals surface area contributed by atoms with Crippen molar-refractivity contribution in [1.29, 1.82) is 0 Å². The van der Waals surface area contributed by atoms with Crippen LogP contribution in [0.3, 0.4) is 0 Å². The molecule has 1 fully saturated rings. The molecule has 1 rings (SSSR count). The summed E-state index contributed by atoms with van der Waals surface area (Å²) in [4.78, 5) is 0. The van der Waals surface area contributed by atoms with Gasteiger partial charge in [0.1, 0.15) is 0 Å². The molecule has 0 aliphatic carbocycles. The summed E-state index contributed by atoms with van der Waals surface area (Å²) < 4.78 is 25.6. The number of rotatable bonds is 4. The SMILES string of the molecule is CCCS(=O)(=O)NC1CCC(C)NC1. The van der Waals surface area contributed by atoms with Crippen molar-refractivity contribution < 1.29 is 8.42 Å². The summed E-state index contributed by atoms with van der Waals surface area (Å²) in [6.45, 7) is 4.75. The highest BCUT2D eigenvalue weighted by atomic mass is 32.2. The van der Waals surface area contributed by atoms with E-state index in [-0.39, 0.29) is 11.8 Å². The molecule has 1 aliphatic heterocycles. The molecule has 84 valence electrons. The lowest BCUT2D eigenvalue weighted by Crippen LogP contribution is -2.49. The first kappa shape index (κ1) is 11.9. The molecule has 1 saturated heterocycles. The maximum absolute atomic E-state index is 11.4. The van der Waals surface area contributed by atoms with Crippen molar-refractivity contribution in [2.75, 3.05) is 12.3 Å². The molecule has 0 aromatic heterocycles. The average Bonchev–Trinajstić information content (AvgIpc) is 2.08. The summed E-state index contributed by atoms with van der Waals surface area (Å²) >= 11 is 0. The largest absolute Gasteiger partial charge is 0.313 e. The van der Waals surface area contributed by atoms with Gasteiger partial charge in [0.05, 0.1) is 5.75 Å². The van der Waals surface area contributed by atoms with Crippen LogP contribution >= 0.6 is 0 Å². The first-order valence-electron chi connectivity index (χ1n) is 5.27. The summed E-state index contributed by atoms with van der Waals surface area (Å²) in [5, 5.41) is 3.27. The smallest absolute Gasteiger partial charge is 0.211 e. The highest BCUT2D eigenvalue weighted by molar-refractivity contribution is 7.89. The van der Waals surface area contributed by atoms with Crippen LogP contribution in [0.1, 0.15) is 33.1 Å². The quantitative estimate of drug-likeness (QED) is 0.723. The van der Waals surface area contributed by atoms with E-state index in [0.29, 0.717) is 12.5 Å². The average molecular weight is 220 g/mol. The van der Waals surface area contributed by atoms with E-state index in [4.69, 9.17) is 0 Å². The van der Waals surface area contributed by atoms with Crippen LogP contribution in [-0.4, -0.2) is 32.8 Å². The van der Waals surface area contributed by atoms with Gasteiger partial charge in [-0.15, -0.1) is 0 Å². The first-order chi connectivity index (χ1) is 6.53. The summed E-state index contributed by atoms with van der Waals surface area (Å²) in [7, 11) is -3.04. The van der Waals surface area contributed by atoms with Gasteiger partial charge in [0.15, 0.2) is 0 Å². The van der Waals surface area contributed by atoms with Gasteiger partial charge in [-0.1, -0.05) is 6.92 Å². The van der Waals surface area contributed by atoms with Gasteiger partial charge in [-0.05, 0) is 26.2 Å².